The van der Waals surface area contributed by atoms with Crippen molar-refractivity contribution in [2.75, 3.05) is 11.9 Å². The molecule has 0 spiro atoms. The molecule has 23 heavy (non-hydrogen) atoms. The first-order chi connectivity index (χ1) is 10.8. The van der Waals surface area contributed by atoms with Crippen molar-refractivity contribution in [3.8, 4) is 0 Å². The van der Waals surface area contributed by atoms with Gasteiger partial charge >= 0.3 is 0 Å². The molecular formula is C16H17ClN2O3S. The van der Waals surface area contributed by atoms with Crippen molar-refractivity contribution in [3.05, 3.63) is 58.6 Å². The fourth-order valence-electron chi connectivity index (χ4n) is 2.10. The van der Waals surface area contributed by atoms with Crippen LogP contribution in [0.1, 0.15) is 11.1 Å². The zero-order chi connectivity index (χ0) is 17.0. The number of amides is 1. The molecule has 7 heteroatoms. The van der Waals surface area contributed by atoms with Crippen LogP contribution < -0.4 is 10.0 Å². The summed E-state index contributed by atoms with van der Waals surface area (Å²) >= 11 is 5.94. The number of para-hydroxylation sites is 1. The molecule has 0 aliphatic rings. The van der Waals surface area contributed by atoms with Gasteiger partial charge in [0.25, 0.3) is 0 Å². The molecule has 0 saturated heterocycles. The molecule has 0 atom stereocenters. The van der Waals surface area contributed by atoms with Crippen LogP contribution in [0.25, 0.3) is 0 Å². The third kappa shape index (κ3) is 4.54. The van der Waals surface area contributed by atoms with Crippen LogP contribution in [0.15, 0.2) is 47.4 Å². The largest absolute Gasteiger partial charge is 0.324 e. The van der Waals surface area contributed by atoms with Crippen LogP contribution in [0.4, 0.5) is 5.69 Å². The zero-order valence-corrected chi connectivity index (χ0v) is 14.3. The van der Waals surface area contributed by atoms with Crippen LogP contribution in [0, 0.1) is 13.8 Å². The Bertz CT molecular complexity index is 835. The lowest BCUT2D eigenvalue weighted by Gasteiger charge is -2.11. The Morgan fingerprint density at radius 1 is 1.13 bits per heavy atom. The first-order valence-corrected chi connectivity index (χ1v) is 8.77. The van der Waals surface area contributed by atoms with Crippen molar-refractivity contribution in [1.29, 1.82) is 0 Å². The molecule has 0 unspecified atom stereocenters. The first kappa shape index (κ1) is 17.5. The molecule has 0 fully saturated rings. The molecule has 122 valence electrons. The summed E-state index contributed by atoms with van der Waals surface area (Å²) in [7, 11) is -3.75. The van der Waals surface area contributed by atoms with E-state index in [1.807, 2.05) is 6.92 Å². The molecular weight excluding hydrogens is 336 g/mol. The Hall–Kier alpha value is -1.89. The summed E-state index contributed by atoms with van der Waals surface area (Å²) in [6, 6.07) is 11.8. The smallest absolute Gasteiger partial charge is 0.241 e. The minimum Gasteiger partial charge on any atom is -0.324 e. The normalized spacial score (nSPS) is 11.3. The van der Waals surface area contributed by atoms with Gasteiger partial charge in [0.2, 0.25) is 15.9 Å². The molecule has 5 nitrogen and oxygen atoms in total. The quantitative estimate of drug-likeness (QED) is 0.868. The summed E-state index contributed by atoms with van der Waals surface area (Å²) in [5.74, 6) is -0.494. The van der Waals surface area contributed by atoms with Crippen LogP contribution in [-0.2, 0) is 14.8 Å². The van der Waals surface area contributed by atoms with Crippen LogP contribution in [0.3, 0.4) is 0 Å². The van der Waals surface area contributed by atoms with Crippen LogP contribution in [0.2, 0.25) is 5.02 Å². The predicted molar refractivity (Wildman–Crippen MR) is 91.2 cm³/mol. The Kier molecular flexibility index (Phi) is 5.41. The van der Waals surface area contributed by atoms with E-state index in [4.69, 9.17) is 11.6 Å². The number of carbonyl (C=O) groups is 1. The monoisotopic (exact) mass is 352 g/mol. The summed E-state index contributed by atoms with van der Waals surface area (Å²) < 4.78 is 26.8. The van der Waals surface area contributed by atoms with Gasteiger partial charge in [-0.1, -0.05) is 41.4 Å². The summed E-state index contributed by atoms with van der Waals surface area (Å²) in [6.07, 6.45) is 0. The van der Waals surface area contributed by atoms with Crippen LogP contribution in [-0.4, -0.2) is 20.9 Å². The number of carbonyl (C=O) groups excluding carboxylic acids is 1. The van der Waals surface area contributed by atoms with E-state index in [2.05, 4.69) is 10.0 Å². The second kappa shape index (κ2) is 7.12. The molecule has 2 rings (SSSR count). The van der Waals surface area contributed by atoms with Gasteiger partial charge in [-0.05, 0) is 37.6 Å². The SMILES string of the molecule is Cc1ccc(S(=O)(=O)NCC(=O)Nc2ccccc2Cl)c(C)c1. The lowest BCUT2D eigenvalue weighted by Crippen LogP contribution is -2.33. The molecule has 0 bridgehead atoms. The van der Waals surface area contributed by atoms with Gasteiger partial charge in [0.05, 0.1) is 22.2 Å². The molecule has 2 N–H and O–H groups in total. The Morgan fingerprint density at radius 3 is 2.48 bits per heavy atom. The van der Waals surface area contributed by atoms with Gasteiger partial charge in [-0.25, -0.2) is 13.1 Å². The highest BCUT2D eigenvalue weighted by atomic mass is 35.5. The van der Waals surface area contributed by atoms with E-state index in [9.17, 15) is 13.2 Å². The fourth-order valence-corrected chi connectivity index (χ4v) is 3.49. The fraction of sp³-hybridized carbons (Fsp3) is 0.188. The van der Waals surface area contributed by atoms with Gasteiger partial charge in [-0.3, -0.25) is 4.79 Å². The van der Waals surface area contributed by atoms with Gasteiger partial charge in [0, 0.05) is 0 Å². The number of anilines is 1. The average molecular weight is 353 g/mol. The van der Waals surface area contributed by atoms with Gasteiger partial charge in [-0.15, -0.1) is 0 Å². The van der Waals surface area contributed by atoms with E-state index in [0.29, 0.717) is 16.3 Å². The average Bonchev–Trinajstić information content (AvgIpc) is 2.47. The number of halogens is 1. The minimum absolute atomic E-state index is 0.161. The molecule has 0 aromatic heterocycles. The molecule has 2 aromatic carbocycles. The molecule has 1 amide bonds. The van der Waals surface area contributed by atoms with Gasteiger partial charge in [0.1, 0.15) is 0 Å². The summed E-state index contributed by atoms with van der Waals surface area (Å²) in [6.45, 7) is 3.22. The van der Waals surface area contributed by atoms with Crippen molar-refractivity contribution < 1.29 is 13.2 Å². The van der Waals surface area contributed by atoms with Crippen molar-refractivity contribution in [3.63, 3.8) is 0 Å². The maximum atomic E-state index is 12.3. The maximum absolute atomic E-state index is 12.3. The number of sulfonamides is 1. The number of benzene rings is 2. The Morgan fingerprint density at radius 2 is 1.83 bits per heavy atom. The Labute approximate surface area is 140 Å². The molecule has 0 radical (unpaired) electrons. The molecule has 0 saturated carbocycles. The van der Waals surface area contributed by atoms with Gasteiger partial charge < -0.3 is 5.32 Å². The second-order valence-electron chi connectivity index (χ2n) is 5.12. The summed E-state index contributed by atoms with van der Waals surface area (Å²) in [5.41, 5.74) is 2.03. The zero-order valence-electron chi connectivity index (χ0n) is 12.8. The maximum Gasteiger partial charge on any atom is 0.241 e. The number of hydrogen-bond donors (Lipinski definition) is 2. The molecule has 2 aromatic rings. The van der Waals surface area contributed by atoms with E-state index >= 15 is 0 Å². The molecule has 0 aliphatic carbocycles. The predicted octanol–water partition coefficient (Wildman–Crippen LogP) is 2.87. The van der Waals surface area contributed by atoms with E-state index in [1.165, 1.54) is 6.07 Å². The van der Waals surface area contributed by atoms with Gasteiger partial charge in [-0.2, -0.15) is 0 Å². The third-order valence-electron chi connectivity index (χ3n) is 3.19. The number of hydrogen-bond acceptors (Lipinski definition) is 3. The first-order valence-electron chi connectivity index (χ1n) is 6.91. The lowest BCUT2D eigenvalue weighted by atomic mass is 10.2. The standard InChI is InChI=1S/C16H17ClN2O3S/c1-11-7-8-15(12(2)9-11)23(21,22)18-10-16(20)19-14-6-4-3-5-13(14)17/h3-9,18H,10H2,1-2H3,(H,19,20). The van der Waals surface area contributed by atoms with Crippen LogP contribution in [0.5, 0.6) is 0 Å². The molecule has 0 heterocycles. The van der Waals surface area contributed by atoms with Crippen molar-refractivity contribution in [1.82, 2.24) is 4.72 Å². The van der Waals surface area contributed by atoms with Crippen molar-refractivity contribution in [2.24, 2.45) is 0 Å². The third-order valence-corrected chi connectivity index (χ3v) is 5.08. The second-order valence-corrected chi connectivity index (χ2v) is 7.26. The number of nitrogens with one attached hydrogen (secondary N) is 2. The summed E-state index contributed by atoms with van der Waals surface area (Å²) in [4.78, 5) is 12.0. The van der Waals surface area contributed by atoms with E-state index in [1.54, 1.807) is 43.3 Å². The van der Waals surface area contributed by atoms with E-state index in [-0.39, 0.29) is 11.4 Å². The highest BCUT2D eigenvalue weighted by Gasteiger charge is 2.18. The van der Waals surface area contributed by atoms with Gasteiger partial charge in [0.15, 0.2) is 0 Å². The number of rotatable bonds is 5. The minimum atomic E-state index is -3.75. The summed E-state index contributed by atoms with van der Waals surface area (Å²) in [5, 5.41) is 2.95. The Balaban J connectivity index is 2.04. The topological polar surface area (TPSA) is 75.3 Å². The van der Waals surface area contributed by atoms with Crippen LogP contribution >= 0.6 is 11.6 Å². The number of aryl methyl sites for hydroxylation is 2. The highest BCUT2D eigenvalue weighted by molar-refractivity contribution is 7.89. The lowest BCUT2D eigenvalue weighted by molar-refractivity contribution is -0.115. The highest BCUT2D eigenvalue weighted by Crippen LogP contribution is 2.20. The van der Waals surface area contributed by atoms with E-state index < -0.39 is 15.9 Å². The molecule has 0 aliphatic heterocycles. The van der Waals surface area contributed by atoms with Crippen molar-refractivity contribution >= 4 is 33.2 Å². The van der Waals surface area contributed by atoms with Crippen molar-refractivity contribution in [2.45, 2.75) is 18.7 Å². The van der Waals surface area contributed by atoms with E-state index in [0.717, 1.165) is 5.56 Å².